The van der Waals surface area contributed by atoms with Gasteiger partial charge >= 0.3 is 6.09 Å². The molecule has 0 radical (unpaired) electrons. The summed E-state index contributed by atoms with van der Waals surface area (Å²) in [6, 6.07) is 5.08. The summed E-state index contributed by atoms with van der Waals surface area (Å²) in [4.78, 5) is 28.6. The third kappa shape index (κ3) is 7.04. The number of aliphatic hydroxyl groups excluding tert-OH is 2. The Morgan fingerprint density at radius 1 is 1.22 bits per heavy atom. The number of rotatable bonds is 10. The second-order valence-electron chi connectivity index (χ2n) is 7.64. The van der Waals surface area contributed by atoms with Crippen molar-refractivity contribution in [2.24, 2.45) is 0 Å². The third-order valence-electron chi connectivity index (χ3n) is 4.98. The van der Waals surface area contributed by atoms with Crippen LogP contribution < -0.4 is 10.7 Å². The lowest BCUT2D eigenvalue weighted by molar-refractivity contribution is -0.137. The van der Waals surface area contributed by atoms with Crippen molar-refractivity contribution in [3.05, 3.63) is 58.4 Å². The number of anilines is 1. The van der Waals surface area contributed by atoms with Crippen LogP contribution in [0.1, 0.15) is 18.9 Å². The lowest BCUT2D eigenvalue weighted by Crippen LogP contribution is -2.52. The summed E-state index contributed by atoms with van der Waals surface area (Å²) >= 11 is 6.85. The van der Waals surface area contributed by atoms with Crippen LogP contribution in [0.3, 0.4) is 0 Å². The summed E-state index contributed by atoms with van der Waals surface area (Å²) < 4.78 is 46.0. The van der Waals surface area contributed by atoms with Gasteiger partial charge in [-0.1, -0.05) is 35.1 Å². The van der Waals surface area contributed by atoms with Gasteiger partial charge < -0.3 is 14.9 Å². The molecular weight excluding hydrogens is 525 g/mol. The molecule has 0 aliphatic heterocycles. The van der Waals surface area contributed by atoms with Gasteiger partial charge in [-0.3, -0.25) is 15.1 Å². The van der Waals surface area contributed by atoms with Gasteiger partial charge in [-0.05, 0) is 17.7 Å². The largest absolute Gasteiger partial charge is 0.447 e. The molecule has 0 unspecified atom stereocenters. The van der Waals surface area contributed by atoms with E-state index >= 15 is 0 Å². The molecule has 1 heterocycles. The van der Waals surface area contributed by atoms with Gasteiger partial charge in [-0.25, -0.2) is 28.4 Å². The van der Waals surface area contributed by atoms with E-state index in [0.717, 1.165) is 28.5 Å². The number of nitrogens with zero attached hydrogens (tertiary/aromatic N) is 2. The molecule has 2 atom stereocenters. The van der Waals surface area contributed by atoms with Gasteiger partial charge in [0.2, 0.25) is 5.91 Å². The zero-order chi connectivity index (χ0) is 26.4. The summed E-state index contributed by atoms with van der Waals surface area (Å²) in [5, 5.41) is 22.5. The Kier molecular flexibility index (Phi) is 9.45. The van der Waals surface area contributed by atoms with E-state index in [4.69, 9.17) is 16.3 Å². The van der Waals surface area contributed by atoms with Gasteiger partial charge in [0.1, 0.15) is 12.4 Å². The lowest BCUT2D eigenvalue weighted by atomic mass is 10.1. The number of nitrogens with one attached hydrogen (secondary N) is 2. The maximum absolute atomic E-state index is 13.7. The molecule has 36 heavy (non-hydrogen) atoms. The number of hydrogen-bond donors (Lipinski definition) is 4. The van der Waals surface area contributed by atoms with Crippen LogP contribution in [0.25, 0.3) is 10.2 Å². The van der Waals surface area contributed by atoms with Gasteiger partial charge in [0.15, 0.2) is 16.8 Å². The van der Waals surface area contributed by atoms with Crippen LogP contribution in [-0.2, 0) is 16.1 Å². The molecule has 3 rings (SSSR count). The average molecular weight is 547 g/mol. The van der Waals surface area contributed by atoms with Crippen molar-refractivity contribution in [1.82, 2.24) is 15.4 Å². The molecule has 1 aromatic heterocycles. The van der Waals surface area contributed by atoms with Crippen LogP contribution in [-0.4, -0.2) is 57.6 Å². The molecule has 0 fully saturated rings. The van der Waals surface area contributed by atoms with Crippen LogP contribution >= 0.6 is 22.9 Å². The Labute approximate surface area is 212 Å². The minimum atomic E-state index is -1.24. The van der Waals surface area contributed by atoms with E-state index in [0.29, 0.717) is 10.3 Å². The quantitative estimate of drug-likeness (QED) is 0.287. The first-order valence-electron chi connectivity index (χ1n) is 10.5. The van der Waals surface area contributed by atoms with Gasteiger partial charge in [0.05, 0.1) is 34.0 Å². The minimum Gasteiger partial charge on any atom is -0.447 e. The standard InChI is InChI=1S/C22H22ClF3N4O5S/c1-11(32)30(27-8-12-3-2-4-15(24)20(12)23)13(5-14(33)9-31)10-35-22(34)29-21-28-18-6-16(25)17(26)7-19(18)36-21/h2-4,6-7,13-14,27,31,33H,5,8-10H2,1H3,(H,28,29,34)/t13-,14+/m0/s1. The molecule has 9 nitrogen and oxygen atoms in total. The number of thiazole rings is 1. The Balaban J connectivity index is 1.68. The first-order valence-corrected chi connectivity index (χ1v) is 11.7. The van der Waals surface area contributed by atoms with Gasteiger partial charge in [0, 0.05) is 26.0 Å². The smallest absolute Gasteiger partial charge is 0.413 e. The van der Waals surface area contributed by atoms with Gasteiger partial charge in [-0.15, -0.1) is 0 Å². The number of benzene rings is 2. The van der Waals surface area contributed by atoms with Gasteiger partial charge in [0.25, 0.3) is 0 Å². The molecule has 4 N–H and O–H groups in total. The van der Waals surface area contributed by atoms with Crippen molar-refractivity contribution < 1.29 is 37.7 Å². The minimum absolute atomic E-state index is 0.0224. The van der Waals surface area contributed by atoms with Crippen LogP contribution in [0, 0.1) is 17.5 Å². The molecule has 2 aromatic carbocycles. The predicted molar refractivity (Wildman–Crippen MR) is 127 cm³/mol. The second kappa shape index (κ2) is 12.3. The summed E-state index contributed by atoms with van der Waals surface area (Å²) in [7, 11) is 0. The zero-order valence-corrected chi connectivity index (χ0v) is 20.4. The van der Waals surface area contributed by atoms with E-state index in [9.17, 15) is 33.0 Å². The predicted octanol–water partition coefficient (Wildman–Crippen LogP) is 3.58. The fraction of sp³-hybridized carbons (Fsp3) is 0.318. The van der Waals surface area contributed by atoms with Crippen molar-refractivity contribution in [2.75, 3.05) is 18.5 Å². The third-order valence-corrected chi connectivity index (χ3v) is 6.33. The van der Waals surface area contributed by atoms with Crippen LogP contribution in [0.2, 0.25) is 5.02 Å². The highest BCUT2D eigenvalue weighted by molar-refractivity contribution is 7.22. The van der Waals surface area contributed by atoms with E-state index in [1.807, 2.05) is 0 Å². The monoisotopic (exact) mass is 546 g/mol. The molecule has 0 saturated carbocycles. The Morgan fingerprint density at radius 2 is 1.94 bits per heavy atom. The molecule has 2 amide bonds. The number of ether oxygens (including phenoxy) is 1. The number of hydrogen-bond acceptors (Lipinski definition) is 8. The van der Waals surface area contributed by atoms with Crippen molar-refractivity contribution in [3.63, 3.8) is 0 Å². The Hall–Kier alpha value is -2.97. The van der Waals surface area contributed by atoms with Crippen molar-refractivity contribution >= 4 is 50.3 Å². The number of halogens is 4. The second-order valence-corrected chi connectivity index (χ2v) is 9.05. The highest BCUT2D eigenvalue weighted by Gasteiger charge is 2.26. The van der Waals surface area contributed by atoms with Crippen LogP contribution in [0.5, 0.6) is 0 Å². The van der Waals surface area contributed by atoms with E-state index in [1.54, 1.807) is 6.07 Å². The van der Waals surface area contributed by atoms with Crippen molar-refractivity contribution in [1.29, 1.82) is 0 Å². The van der Waals surface area contributed by atoms with E-state index < -0.39 is 54.8 Å². The van der Waals surface area contributed by atoms with Gasteiger partial charge in [-0.2, -0.15) is 0 Å². The molecule has 194 valence electrons. The number of aliphatic hydroxyl groups is 2. The molecular formula is C22H22ClF3N4O5S. The highest BCUT2D eigenvalue weighted by Crippen LogP contribution is 2.28. The molecule has 0 spiro atoms. The molecule has 14 heteroatoms. The SMILES string of the molecule is CC(=O)N(NCc1cccc(F)c1Cl)[C@H](COC(=O)Nc1nc2cc(F)c(F)cc2s1)C[C@@H](O)CO. The van der Waals surface area contributed by atoms with E-state index in [1.165, 1.54) is 19.1 Å². The van der Waals surface area contributed by atoms with E-state index in [-0.39, 0.29) is 28.6 Å². The maximum atomic E-state index is 13.7. The average Bonchev–Trinajstić information content (AvgIpc) is 3.20. The van der Waals surface area contributed by atoms with Crippen molar-refractivity contribution in [2.45, 2.75) is 32.0 Å². The number of hydrazine groups is 1. The normalized spacial score (nSPS) is 12.9. The van der Waals surface area contributed by atoms with Crippen molar-refractivity contribution in [3.8, 4) is 0 Å². The molecule has 0 aliphatic carbocycles. The fourth-order valence-corrected chi connectivity index (χ4v) is 4.31. The number of amides is 2. The molecule has 3 aromatic rings. The molecule has 0 aliphatic rings. The lowest BCUT2D eigenvalue weighted by Gasteiger charge is -2.32. The topological polar surface area (TPSA) is 124 Å². The molecule has 0 bridgehead atoms. The summed E-state index contributed by atoms with van der Waals surface area (Å²) in [5.74, 6) is -3.29. The van der Waals surface area contributed by atoms with Crippen LogP contribution in [0.4, 0.5) is 23.1 Å². The zero-order valence-electron chi connectivity index (χ0n) is 18.8. The Bertz CT molecular complexity index is 1210. The first-order chi connectivity index (χ1) is 17.1. The Morgan fingerprint density at radius 3 is 2.64 bits per heavy atom. The first kappa shape index (κ1) is 27.6. The number of aromatic nitrogens is 1. The van der Waals surface area contributed by atoms with E-state index in [2.05, 4.69) is 15.7 Å². The maximum Gasteiger partial charge on any atom is 0.413 e. The fourth-order valence-electron chi connectivity index (χ4n) is 3.26. The summed E-state index contributed by atoms with van der Waals surface area (Å²) in [5.41, 5.74) is 3.28. The number of carbonyl (C=O) groups is 2. The van der Waals surface area contributed by atoms with Crippen LogP contribution in [0.15, 0.2) is 30.3 Å². The highest BCUT2D eigenvalue weighted by atomic mass is 35.5. The summed E-state index contributed by atoms with van der Waals surface area (Å²) in [6.45, 7) is 0.133. The summed E-state index contributed by atoms with van der Waals surface area (Å²) in [6.07, 6.45) is -2.39. The number of carbonyl (C=O) groups excluding carboxylic acids is 2. The molecule has 0 saturated heterocycles. The number of fused-ring (bicyclic) bond motifs is 1.